The van der Waals surface area contributed by atoms with Crippen molar-refractivity contribution in [1.29, 1.82) is 0 Å². The van der Waals surface area contributed by atoms with Crippen LogP contribution in [0.4, 0.5) is 21.7 Å². The fourth-order valence-electron chi connectivity index (χ4n) is 5.24. The van der Waals surface area contributed by atoms with E-state index in [4.69, 9.17) is 16.6 Å². The summed E-state index contributed by atoms with van der Waals surface area (Å²) < 4.78 is 15.6. The Morgan fingerprint density at radius 3 is 2.71 bits per heavy atom. The fraction of sp³-hybridized carbons (Fsp3) is 0.357. The number of aromatic nitrogens is 4. The van der Waals surface area contributed by atoms with Crippen LogP contribution >= 0.6 is 11.6 Å². The second-order valence-electron chi connectivity index (χ2n) is 10.5. The van der Waals surface area contributed by atoms with E-state index in [-0.39, 0.29) is 17.7 Å². The smallest absolute Gasteiger partial charge is 0.229 e. The number of fused-ring (bicyclic) bond motifs is 1. The zero-order valence-electron chi connectivity index (χ0n) is 20.6. The molecule has 3 aromatic heterocycles. The van der Waals surface area contributed by atoms with Gasteiger partial charge in [-0.1, -0.05) is 23.7 Å². The van der Waals surface area contributed by atoms with Crippen LogP contribution < -0.4 is 15.5 Å². The third kappa shape index (κ3) is 4.67. The molecule has 1 aromatic carbocycles. The number of carbonyl (C=O) groups is 1. The Kier molecular flexibility index (Phi) is 5.69. The molecule has 0 bridgehead atoms. The molecule has 7 rings (SSSR count). The summed E-state index contributed by atoms with van der Waals surface area (Å²) in [6, 6.07) is 11.6. The van der Waals surface area contributed by atoms with Crippen LogP contribution in [0.15, 0.2) is 55.1 Å². The molecule has 2 aliphatic carbocycles. The first kappa shape index (κ1) is 23.4. The average Bonchev–Trinajstić information content (AvgIpc) is 3.81. The van der Waals surface area contributed by atoms with Gasteiger partial charge >= 0.3 is 0 Å². The van der Waals surface area contributed by atoms with Crippen molar-refractivity contribution in [3.63, 3.8) is 0 Å². The van der Waals surface area contributed by atoms with Gasteiger partial charge in [0.05, 0.1) is 31.0 Å². The van der Waals surface area contributed by atoms with E-state index in [9.17, 15) is 9.18 Å². The summed E-state index contributed by atoms with van der Waals surface area (Å²) in [6.07, 6.45) is 8.02. The minimum atomic E-state index is -0.772. The van der Waals surface area contributed by atoms with Gasteiger partial charge in [0.15, 0.2) is 5.65 Å². The number of carbonyl (C=O) groups excluding carboxylic acids is 1. The molecule has 3 fully saturated rings. The first-order valence-electron chi connectivity index (χ1n) is 13.0. The van der Waals surface area contributed by atoms with Crippen LogP contribution in [-0.4, -0.2) is 44.5 Å². The minimum absolute atomic E-state index is 0.0551. The van der Waals surface area contributed by atoms with Gasteiger partial charge in [-0.3, -0.25) is 4.79 Å². The zero-order valence-corrected chi connectivity index (χ0v) is 21.4. The Bertz CT molecular complexity index is 1530. The van der Waals surface area contributed by atoms with Crippen LogP contribution in [0.3, 0.4) is 0 Å². The molecular formula is C28H27ClFN7O. The monoisotopic (exact) mass is 531 g/mol. The number of nitrogens with one attached hydrogen (secondary N) is 2. The van der Waals surface area contributed by atoms with Gasteiger partial charge < -0.3 is 19.9 Å². The molecule has 1 amide bonds. The summed E-state index contributed by atoms with van der Waals surface area (Å²) in [6.45, 7) is 1.29. The molecule has 1 aliphatic heterocycles. The predicted molar refractivity (Wildman–Crippen MR) is 145 cm³/mol. The fourth-order valence-corrected chi connectivity index (χ4v) is 5.44. The first-order valence-corrected chi connectivity index (χ1v) is 13.4. The van der Waals surface area contributed by atoms with E-state index >= 15 is 0 Å². The average molecular weight is 532 g/mol. The number of nitrogens with zero attached hydrogens (tertiary/aromatic N) is 5. The number of benzene rings is 1. The number of amides is 1. The molecule has 1 saturated heterocycles. The van der Waals surface area contributed by atoms with Gasteiger partial charge in [-0.15, -0.1) is 0 Å². The maximum absolute atomic E-state index is 13.6. The Hall–Kier alpha value is -3.72. The molecular weight excluding hydrogens is 505 g/mol. The molecule has 10 heteroatoms. The summed E-state index contributed by atoms with van der Waals surface area (Å²) >= 11 is 6.10. The standard InChI is InChI=1S/C28H27ClFN7O/c29-19-3-1-2-17(6-19)22-8-23(22)28(38)35-26-9-25(32-15-33-26)31-10-21-14-37-11-18(16-4-5-16)7-24(27(37)34-21)36-12-20(30)13-36/h1-3,6-7,9,11,14-16,20,22-23H,4-5,8,10,12-13H2,(H2,31,32,33,35,38)/t22-,23+/m1/s1. The highest BCUT2D eigenvalue weighted by Crippen LogP contribution is 2.48. The van der Waals surface area contributed by atoms with Gasteiger partial charge in [0.25, 0.3) is 0 Å². The van der Waals surface area contributed by atoms with E-state index in [0.29, 0.717) is 42.2 Å². The summed E-state index contributed by atoms with van der Waals surface area (Å²) in [5.74, 6) is 1.67. The van der Waals surface area contributed by atoms with Gasteiger partial charge in [0.1, 0.15) is 24.1 Å². The summed E-state index contributed by atoms with van der Waals surface area (Å²) in [5.41, 5.74) is 5.06. The van der Waals surface area contributed by atoms with E-state index in [2.05, 4.69) is 42.2 Å². The molecule has 4 heterocycles. The number of halogens is 2. The van der Waals surface area contributed by atoms with Crippen molar-refractivity contribution >= 4 is 40.5 Å². The highest BCUT2D eigenvalue weighted by molar-refractivity contribution is 6.30. The Labute approximate surface area is 224 Å². The van der Waals surface area contributed by atoms with Crippen LogP contribution in [0, 0.1) is 5.92 Å². The molecule has 2 N–H and O–H groups in total. The minimum Gasteiger partial charge on any atom is -0.364 e. The third-order valence-electron chi connectivity index (χ3n) is 7.60. The largest absolute Gasteiger partial charge is 0.364 e. The van der Waals surface area contributed by atoms with Crippen molar-refractivity contribution in [2.45, 2.75) is 43.8 Å². The number of imidazole rings is 1. The quantitative estimate of drug-likeness (QED) is 0.326. The summed E-state index contributed by atoms with van der Waals surface area (Å²) in [5, 5.41) is 6.89. The number of alkyl halides is 1. The molecule has 0 radical (unpaired) electrons. The van der Waals surface area contributed by atoms with E-state index < -0.39 is 6.17 Å². The molecule has 0 unspecified atom stereocenters. The van der Waals surface area contributed by atoms with Crippen LogP contribution in [0.2, 0.25) is 5.02 Å². The molecule has 0 spiro atoms. The Morgan fingerprint density at radius 1 is 1.08 bits per heavy atom. The van der Waals surface area contributed by atoms with Gasteiger partial charge in [0, 0.05) is 29.4 Å². The normalized spacial score (nSPS) is 20.8. The lowest BCUT2D eigenvalue weighted by Gasteiger charge is -2.36. The molecule has 194 valence electrons. The molecule has 2 saturated carbocycles. The van der Waals surface area contributed by atoms with Gasteiger partial charge in [-0.25, -0.2) is 19.3 Å². The van der Waals surface area contributed by atoms with E-state index in [1.807, 2.05) is 30.5 Å². The highest BCUT2D eigenvalue weighted by Gasteiger charge is 2.44. The molecule has 2 atom stereocenters. The van der Waals surface area contributed by atoms with Crippen molar-refractivity contribution in [3.05, 3.63) is 77.0 Å². The van der Waals surface area contributed by atoms with Crippen LogP contribution in [0.1, 0.15) is 47.9 Å². The van der Waals surface area contributed by atoms with Gasteiger partial charge in [-0.2, -0.15) is 0 Å². The topological polar surface area (TPSA) is 87.5 Å². The lowest BCUT2D eigenvalue weighted by atomic mass is 10.1. The number of anilines is 3. The first-order chi connectivity index (χ1) is 18.5. The third-order valence-corrected chi connectivity index (χ3v) is 7.84. The summed E-state index contributed by atoms with van der Waals surface area (Å²) in [7, 11) is 0. The molecule has 38 heavy (non-hydrogen) atoms. The SMILES string of the molecule is O=C(Nc1cc(NCc2cn3cc(C4CC4)cc(N4CC(F)C4)c3n2)ncn1)[C@H]1C[C@@H]1c1cccc(Cl)c1. The van der Waals surface area contributed by atoms with Crippen LogP contribution in [0.5, 0.6) is 0 Å². The lowest BCUT2D eigenvalue weighted by Crippen LogP contribution is -2.48. The van der Waals surface area contributed by atoms with Crippen molar-refractivity contribution in [3.8, 4) is 0 Å². The Balaban J connectivity index is 1.02. The van der Waals surface area contributed by atoms with Crippen molar-refractivity contribution in [2.75, 3.05) is 28.6 Å². The van der Waals surface area contributed by atoms with E-state index in [1.54, 1.807) is 6.07 Å². The summed E-state index contributed by atoms with van der Waals surface area (Å²) in [4.78, 5) is 28.2. The number of hydrogen-bond donors (Lipinski definition) is 2. The predicted octanol–water partition coefficient (Wildman–Crippen LogP) is 5.17. The van der Waals surface area contributed by atoms with Crippen LogP contribution in [0.25, 0.3) is 5.65 Å². The lowest BCUT2D eigenvalue weighted by molar-refractivity contribution is -0.117. The van der Waals surface area contributed by atoms with Crippen LogP contribution in [-0.2, 0) is 11.3 Å². The molecule has 3 aliphatic rings. The maximum Gasteiger partial charge on any atom is 0.229 e. The second kappa shape index (κ2) is 9.23. The van der Waals surface area contributed by atoms with Crippen molar-refractivity contribution in [1.82, 2.24) is 19.4 Å². The highest BCUT2D eigenvalue weighted by atomic mass is 35.5. The number of pyridine rings is 1. The molecule has 4 aromatic rings. The maximum atomic E-state index is 13.6. The number of hydrogen-bond acceptors (Lipinski definition) is 6. The van der Waals surface area contributed by atoms with E-state index in [0.717, 1.165) is 29.0 Å². The van der Waals surface area contributed by atoms with Crippen molar-refractivity contribution < 1.29 is 9.18 Å². The van der Waals surface area contributed by atoms with Gasteiger partial charge in [0.2, 0.25) is 5.91 Å². The van der Waals surface area contributed by atoms with E-state index in [1.165, 1.54) is 24.7 Å². The zero-order chi connectivity index (χ0) is 25.8. The number of rotatable bonds is 8. The Morgan fingerprint density at radius 2 is 1.92 bits per heavy atom. The second-order valence-corrected chi connectivity index (χ2v) is 11.0. The van der Waals surface area contributed by atoms with Gasteiger partial charge in [-0.05, 0) is 60.4 Å². The molecule has 8 nitrogen and oxygen atoms in total. The van der Waals surface area contributed by atoms with Crippen molar-refractivity contribution in [2.24, 2.45) is 5.92 Å².